The lowest BCUT2D eigenvalue weighted by molar-refractivity contribution is 0.0964. The maximum absolute atomic E-state index is 12.0. The van der Waals surface area contributed by atoms with Crippen LogP contribution < -0.4 is 11.1 Å². The Morgan fingerprint density at radius 3 is 2.84 bits per heavy atom. The van der Waals surface area contributed by atoms with Crippen LogP contribution in [0.4, 0.5) is 0 Å². The number of hydrogen-bond donors (Lipinski definition) is 2. The van der Waals surface area contributed by atoms with E-state index in [1.165, 1.54) is 0 Å². The number of rotatable bonds is 3. The summed E-state index contributed by atoms with van der Waals surface area (Å²) >= 11 is 0. The molecule has 100 valence electrons. The number of carbonyl (C=O) groups is 1. The van der Waals surface area contributed by atoms with Crippen molar-refractivity contribution in [1.82, 2.24) is 14.9 Å². The molecular weight excluding hydrogens is 240 g/mol. The van der Waals surface area contributed by atoms with E-state index < -0.39 is 0 Å². The van der Waals surface area contributed by atoms with Gasteiger partial charge in [0.1, 0.15) is 5.82 Å². The summed E-state index contributed by atoms with van der Waals surface area (Å²) in [5.41, 5.74) is 8.45. The number of benzene rings is 1. The number of imidazole rings is 1. The number of amides is 1. The lowest BCUT2D eigenvalue weighted by Gasteiger charge is -2.11. The van der Waals surface area contributed by atoms with E-state index >= 15 is 0 Å². The fourth-order valence-corrected chi connectivity index (χ4v) is 2.51. The molecule has 1 atom stereocenters. The fourth-order valence-electron chi connectivity index (χ4n) is 2.51. The van der Waals surface area contributed by atoms with Gasteiger partial charge in [0.25, 0.3) is 5.91 Å². The molecule has 0 aliphatic heterocycles. The van der Waals surface area contributed by atoms with E-state index in [4.69, 9.17) is 5.73 Å². The molecule has 3 rings (SSSR count). The standard InChI is InChI=1S/C14H18N4O/c1-8(15)13-17-11-5-3-4-10(14(19)16-2)12(11)18(13)9-6-7-9/h3-5,8-9H,6-7,15H2,1-2H3,(H,16,19). The maximum atomic E-state index is 12.0. The number of carbonyl (C=O) groups excluding carboxylic acids is 1. The van der Waals surface area contributed by atoms with E-state index in [1.807, 2.05) is 25.1 Å². The van der Waals surface area contributed by atoms with Crippen LogP contribution in [0.25, 0.3) is 11.0 Å². The van der Waals surface area contributed by atoms with Gasteiger partial charge in [-0.05, 0) is 31.9 Å². The van der Waals surface area contributed by atoms with Crippen molar-refractivity contribution in [2.75, 3.05) is 7.05 Å². The minimum atomic E-state index is -0.134. The maximum Gasteiger partial charge on any atom is 0.253 e. The minimum Gasteiger partial charge on any atom is -0.355 e. The smallest absolute Gasteiger partial charge is 0.253 e. The molecule has 1 aromatic heterocycles. The van der Waals surface area contributed by atoms with Gasteiger partial charge in [0.15, 0.2) is 0 Å². The molecule has 0 spiro atoms. The van der Waals surface area contributed by atoms with Crippen LogP contribution in [0.15, 0.2) is 18.2 Å². The molecule has 5 heteroatoms. The van der Waals surface area contributed by atoms with Gasteiger partial charge < -0.3 is 15.6 Å². The quantitative estimate of drug-likeness (QED) is 0.881. The summed E-state index contributed by atoms with van der Waals surface area (Å²) in [6, 6.07) is 5.95. The molecule has 0 saturated heterocycles. The monoisotopic (exact) mass is 258 g/mol. The van der Waals surface area contributed by atoms with Gasteiger partial charge in [0.05, 0.1) is 22.6 Å². The summed E-state index contributed by atoms with van der Waals surface area (Å²) in [4.78, 5) is 16.6. The van der Waals surface area contributed by atoms with Crippen molar-refractivity contribution in [3.63, 3.8) is 0 Å². The lowest BCUT2D eigenvalue weighted by Crippen LogP contribution is -2.19. The summed E-state index contributed by atoms with van der Waals surface area (Å²) in [5.74, 6) is 0.789. The number of hydrogen-bond acceptors (Lipinski definition) is 3. The summed E-state index contributed by atoms with van der Waals surface area (Å²) in [6.07, 6.45) is 2.26. The first kappa shape index (κ1) is 12.2. The highest BCUT2D eigenvalue weighted by Gasteiger charge is 2.30. The van der Waals surface area contributed by atoms with Crippen molar-refractivity contribution in [2.45, 2.75) is 31.8 Å². The minimum absolute atomic E-state index is 0.0800. The number of nitrogens with zero attached hydrogens (tertiary/aromatic N) is 2. The Morgan fingerprint density at radius 2 is 2.26 bits per heavy atom. The molecule has 1 aromatic carbocycles. The van der Waals surface area contributed by atoms with Gasteiger partial charge in [-0.15, -0.1) is 0 Å². The third-order valence-corrected chi connectivity index (χ3v) is 3.53. The van der Waals surface area contributed by atoms with Crippen molar-refractivity contribution >= 4 is 16.9 Å². The Bertz CT molecular complexity index is 640. The van der Waals surface area contributed by atoms with Crippen LogP contribution in [0, 0.1) is 0 Å². The molecule has 1 aliphatic rings. The first-order chi connectivity index (χ1) is 9.13. The summed E-state index contributed by atoms with van der Waals surface area (Å²) in [7, 11) is 1.64. The van der Waals surface area contributed by atoms with E-state index in [0.29, 0.717) is 11.6 Å². The van der Waals surface area contributed by atoms with Crippen molar-refractivity contribution in [3.05, 3.63) is 29.6 Å². The highest BCUT2D eigenvalue weighted by molar-refractivity contribution is 6.05. The highest BCUT2D eigenvalue weighted by Crippen LogP contribution is 2.40. The zero-order chi connectivity index (χ0) is 13.6. The number of aromatic nitrogens is 2. The van der Waals surface area contributed by atoms with Gasteiger partial charge >= 0.3 is 0 Å². The van der Waals surface area contributed by atoms with Gasteiger partial charge in [-0.25, -0.2) is 4.98 Å². The molecule has 1 unspecified atom stereocenters. The van der Waals surface area contributed by atoms with Crippen LogP contribution in [-0.2, 0) is 0 Å². The van der Waals surface area contributed by atoms with Gasteiger partial charge in [-0.2, -0.15) is 0 Å². The molecule has 1 fully saturated rings. The molecule has 3 N–H and O–H groups in total. The van der Waals surface area contributed by atoms with Gasteiger partial charge in [0, 0.05) is 13.1 Å². The number of para-hydroxylation sites is 1. The van der Waals surface area contributed by atoms with Crippen molar-refractivity contribution in [2.24, 2.45) is 5.73 Å². The number of fused-ring (bicyclic) bond motifs is 1. The van der Waals surface area contributed by atoms with Crippen molar-refractivity contribution < 1.29 is 4.79 Å². The number of nitrogens with one attached hydrogen (secondary N) is 1. The molecule has 1 heterocycles. The van der Waals surface area contributed by atoms with E-state index in [-0.39, 0.29) is 11.9 Å². The third kappa shape index (κ3) is 1.90. The molecule has 1 saturated carbocycles. The summed E-state index contributed by atoms with van der Waals surface area (Å²) in [5, 5.41) is 2.69. The Hall–Kier alpha value is -1.88. The second-order valence-corrected chi connectivity index (χ2v) is 5.11. The van der Waals surface area contributed by atoms with E-state index in [2.05, 4.69) is 14.9 Å². The van der Waals surface area contributed by atoms with Gasteiger partial charge in [-0.3, -0.25) is 4.79 Å². The second kappa shape index (κ2) is 4.35. The van der Waals surface area contributed by atoms with E-state index in [1.54, 1.807) is 7.05 Å². The Labute approximate surface area is 111 Å². The largest absolute Gasteiger partial charge is 0.355 e. The molecule has 1 aliphatic carbocycles. The zero-order valence-corrected chi connectivity index (χ0v) is 11.2. The summed E-state index contributed by atoms with van der Waals surface area (Å²) in [6.45, 7) is 1.93. The predicted molar refractivity (Wildman–Crippen MR) is 74.0 cm³/mol. The van der Waals surface area contributed by atoms with Crippen LogP contribution in [0.1, 0.15) is 48.0 Å². The SMILES string of the molecule is CNC(=O)c1cccc2nc(C(C)N)n(C3CC3)c12. The predicted octanol–water partition coefficient (Wildman–Crippen LogP) is 1.75. The Balaban J connectivity index is 2.31. The van der Waals surface area contributed by atoms with Crippen LogP contribution in [0.2, 0.25) is 0 Å². The topological polar surface area (TPSA) is 72.9 Å². The average Bonchev–Trinajstić information content (AvgIpc) is 3.16. The molecule has 2 aromatic rings. The van der Waals surface area contributed by atoms with Crippen LogP contribution in [0.5, 0.6) is 0 Å². The molecule has 0 radical (unpaired) electrons. The molecule has 19 heavy (non-hydrogen) atoms. The fraction of sp³-hybridized carbons (Fsp3) is 0.429. The summed E-state index contributed by atoms with van der Waals surface area (Å²) < 4.78 is 2.16. The van der Waals surface area contributed by atoms with Crippen LogP contribution in [0.3, 0.4) is 0 Å². The second-order valence-electron chi connectivity index (χ2n) is 5.11. The van der Waals surface area contributed by atoms with Gasteiger partial charge in [0.2, 0.25) is 0 Å². The normalized spacial score (nSPS) is 16.6. The third-order valence-electron chi connectivity index (χ3n) is 3.53. The van der Waals surface area contributed by atoms with Crippen LogP contribution >= 0.6 is 0 Å². The van der Waals surface area contributed by atoms with Crippen molar-refractivity contribution in [3.8, 4) is 0 Å². The Morgan fingerprint density at radius 1 is 1.53 bits per heavy atom. The highest BCUT2D eigenvalue weighted by atomic mass is 16.1. The number of nitrogens with two attached hydrogens (primary N) is 1. The van der Waals surface area contributed by atoms with E-state index in [9.17, 15) is 4.79 Å². The molecule has 0 bridgehead atoms. The molecule has 5 nitrogen and oxygen atoms in total. The molecular formula is C14H18N4O. The van der Waals surface area contributed by atoms with Crippen molar-refractivity contribution in [1.29, 1.82) is 0 Å². The molecule has 1 amide bonds. The first-order valence-electron chi connectivity index (χ1n) is 6.62. The first-order valence-corrected chi connectivity index (χ1v) is 6.62. The zero-order valence-electron chi connectivity index (χ0n) is 11.2. The van der Waals surface area contributed by atoms with E-state index in [0.717, 1.165) is 29.7 Å². The van der Waals surface area contributed by atoms with Gasteiger partial charge in [-0.1, -0.05) is 6.07 Å². The lowest BCUT2D eigenvalue weighted by atomic mass is 10.1. The van der Waals surface area contributed by atoms with Crippen LogP contribution in [-0.4, -0.2) is 22.5 Å². The Kier molecular flexibility index (Phi) is 2.78. The average molecular weight is 258 g/mol.